The first-order valence-electron chi connectivity index (χ1n) is 13.1. The van der Waals surface area contributed by atoms with E-state index in [0.717, 1.165) is 31.2 Å². The van der Waals surface area contributed by atoms with Gasteiger partial charge in [0.15, 0.2) is 9.84 Å². The van der Waals surface area contributed by atoms with E-state index >= 15 is 8.78 Å². The van der Waals surface area contributed by atoms with E-state index in [1.807, 2.05) is 6.07 Å². The molecule has 2 aromatic rings. The molecule has 2 amide bonds. The van der Waals surface area contributed by atoms with E-state index in [9.17, 15) is 28.5 Å². The maximum atomic E-state index is 15.2. The van der Waals surface area contributed by atoms with Crippen molar-refractivity contribution in [3.63, 3.8) is 0 Å². The molecule has 9 nitrogen and oxygen atoms in total. The summed E-state index contributed by atoms with van der Waals surface area (Å²) in [6.45, 7) is 5.17. The number of nitrogens with zero attached hydrogens (tertiary/aromatic N) is 3. The summed E-state index contributed by atoms with van der Waals surface area (Å²) >= 11 is 0. The van der Waals surface area contributed by atoms with E-state index in [-0.39, 0.29) is 33.5 Å². The summed E-state index contributed by atoms with van der Waals surface area (Å²) in [5.74, 6) is -2.67. The van der Waals surface area contributed by atoms with Crippen LogP contribution in [0.15, 0.2) is 35.2 Å². The fourth-order valence-electron chi connectivity index (χ4n) is 5.56. The van der Waals surface area contributed by atoms with Crippen LogP contribution in [0.3, 0.4) is 0 Å². The number of amides is 2. The van der Waals surface area contributed by atoms with Crippen molar-refractivity contribution >= 4 is 21.8 Å². The minimum atomic E-state index is -3.78. The van der Waals surface area contributed by atoms with Crippen LogP contribution in [0.2, 0.25) is 0 Å². The summed E-state index contributed by atoms with van der Waals surface area (Å²) in [7, 11) is -3.78. The van der Waals surface area contributed by atoms with Crippen LogP contribution in [0.25, 0.3) is 11.1 Å². The lowest BCUT2D eigenvalue weighted by molar-refractivity contribution is -0.128. The van der Waals surface area contributed by atoms with Gasteiger partial charge in [-0.25, -0.2) is 22.0 Å². The van der Waals surface area contributed by atoms with Crippen LogP contribution in [0.4, 0.5) is 13.6 Å². The van der Waals surface area contributed by atoms with E-state index in [1.54, 1.807) is 26.8 Å². The van der Waals surface area contributed by atoms with Crippen LogP contribution in [0, 0.1) is 40.2 Å². The van der Waals surface area contributed by atoms with E-state index in [0.29, 0.717) is 6.42 Å². The fourth-order valence-corrected chi connectivity index (χ4v) is 6.41. The Morgan fingerprint density at radius 2 is 1.78 bits per heavy atom. The Morgan fingerprint density at radius 3 is 2.34 bits per heavy atom. The molecule has 4 atom stereocenters. The number of ether oxygens (including phenoxy) is 1. The molecule has 12 heteroatoms. The number of fused-ring (bicyclic) bond motifs is 2. The van der Waals surface area contributed by atoms with Gasteiger partial charge in [-0.05, 0) is 81.3 Å². The summed E-state index contributed by atoms with van der Waals surface area (Å²) in [6, 6.07) is 7.18. The molecule has 1 aliphatic heterocycles. The average molecular weight is 585 g/mol. The van der Waals surface area contributed by atoms with Crippen LogP contribution in [0.1, 0.15) is 51.2 Å². The molecule has 1 N–H and O–H groups in total. The summed E-state index contributed by atoms with van der Waals surface area (Å²) in [4.78, 5) is 27.3. The third-order valence-corrected chi connectivity index (χ3v) is 8.45. The lowest BCUT2D eigenvalue weighted by Gasteiger charge is -2.35. The molecule has 4 rings (SSSR count). The largest absolute Gasteiger partial charge is 0.444 e. The molecule has 1 unspecified atom stereocenters. The van der Waals surface area contributed by atoms with Gasteiger partial charge in [0.1, 0.15) is 35.4 Å². The molecule has 1 aliphatic carbocycles. The number of hydrogen-bond donors (Lipinski definition) is 1. The number of benzene rings is 2. The van der Waals surface area contributed by atoms with Gasteiger partial charge in [0.2, 0.25) is 5.91 Å². The molecule has 2 bridgehead atoms. The van der Waals surface area contributed by atoms with Gasteiger partial charge in [0.25, 0.3) is 0 Å². The first-order chi connectivity index (χ1) is 19.1. The average Bonchev–Trinajstić information content (AvgIpc) is 3.50. The Bertz CT molecular complexity index is 1570. The van der Waals surface area contributed by atoms with Crippen molar-refractivity contribution in [1.29, 1.82) is 10.5 Å². The zero-order valence-electron chi connectivity index (χ0n) is 23.1. The van der Waals surface area contributed by atoms with E-state index in [2.05, 4.69) is 5.32 Å². The van der Waals surface area contributed by atoms with Gasteiger partial charge in [-0.1, -0.05) is 6.07 Å². The van der Waals surface area contributed by atoms with Crippen LogP contribution >= 0.6 is 0 Å². The minimum Gasteiger partial charge on any atom is -0.444 e. The highest BCUT2D eigenvalue weighted by Gasteiger charge is 2.52. The molecule has 0 spiro atoms. The smallest absolute Gasteiger partial charge is 0.411 e. The Labute approximate surface area is 237 Å². The molecular weight excluding hydrogens is 554 g/mol. The normalized spacial score (nSPS) is 20.7. The highest BCUT2D eigenvalue weighted by molar-refractivity contribution is 7.90. The molecular formula is C29H30F2N4O5S. The third kappa shape index (κ3) is 6.33. The van der Waals surface area contributed by atoms with Gasteiger partial charge in [-0.2, -0.15) is 10.5 Å². The molecule has 41 heavy (non-hydrogen) atoms. The van der Waals surface area contributed by atoms with Crippen LogP contribution in [-0.2, 0) is 25.8 Å². The number of nitriles is 2. The SMILES string of the molecule is CC(C)(C)OC(=O)N1[C@@H]2CC[C@@H](C2)[C@H]1C(=O)NC(C#N)Cc1c(F)cc(-c2ccc(C#N)c(S(C)(=O)=O)c2)cc1F. The fraction of sp³-hybridized carbons (Fsp3) is 0.448. The first kappa shape index (κ1) is 29.9. The summed E-state index contributed by atoms with van der Waals surface area (Å²) in [5, 5.41) is 21.5. The van der Waals surface area contributed by atoms with Crippen molar-refractivity contribution < 1.29 is 31.5 Å². The molecule has 0 radical (unpaired) electrons. The summed E-state index contributed by atoms with van der Waals surface area (Å²) < 4.78 is 60.0. The predicted molar refractivity (Wildman–Crippen MR) is 144 cm³/mol. The Morgan fingerprint density at radius 1 is 1.12 bits per heavy atom. The Hall–Kier alpha value is -4.03. The quantitative estimate of drug-likeness (QED) is 0.535. The van der Waals surface area contributed by atoms with E-state index < -0.39 is 63.1 Å². The second kappa shape index (κ2) is 11.1. The van der Waals surface area contributed by atoms with Gasteiger partial charge in [-0.3, -0.25) is 9.69 Å². The Balaban J connectivity index is 1.54. The molecule has 1 saturated heterocycles. The highest BCUT2D eigenvalue weighted by atomic mass is 32.2. The second-order valence-corrected chi connectivity index (χ2v) is 13.5. The molecule has 1 saturated carbocycles. The number of hydrogen-bond acceptors (Lipinski definition) is 7. The summed E-state index contributed by atoms with van der Waals surface area (Å²) in [6.07, 6.45) is 1.94. The van der Waals surface area contributed by atoms with Crippen molar-refractivity contribution in [3.05, 3.63) is 53.1 Å². The minimum absolute atomic E-state index is 0.0330. The Kier molecular flexibility index (Phi) is 8.10. The standard InChI is InChI=1S/C29H30F2N4O5S/c1-29(2,3)40-28(37)35-21-8-7-17(9-21)26(35)27(36)34-20(15-33)13-22-23(30)10-19(11-24(22)31)16-5-6-18(14-32)25(12-16)41(4,38)39/h5-6,10-12,17,20-21,26H,7-9,13H2,1-4H3,(H,34,36)/t17-,20?,21+,26-/m0/s1. The zero-order valence-corrected chi connectivity index (χ0v) is 23.9. The van der Waals surface area contributed by atoms with Gasteiger partial charge < -0.3 is 10.1 Å². The van der Waals surface area contributed by atoms with Crippen molar-refractivity contribution in [1.82, 2.24) is 10.2 Å². The lowest BCUT2D eigenvalue weighted by Crippen LogP contribution is -2.55. The number of carbonyl (C=O) groups excluding carboxylic acids is 2. The molecule has 216 valence electrons. The van der Waals surface area contributed by atoms with Gasteiger partial charge in [-0.15, -0.1) is 0 Å². The molecule has 2 aliphatic rings. The topological polar surface area (TPSA) is 140 Å². The number of sulfone groups is 1. The second-order valence-electron chi connectivity index (χ2n) is 11.5. The highest BCUT2D eigenvalue weighted by Crippen LogP contribution is 2.43. The van der Waals surface area contributed by atoms with Gasteiger partial charge in [0.05, 0.1) is 16.5 Å². The molecule has 2 fully saturated rings. The van der Waals surface area contributed by atoms with Crippen molar-refractivity contribution in [2.45, 2.75) is 75.1 Å². The molecule has 0 aromatic heterocycles. The van der Waals surface area contributed by atoms with Crippen LogP contribution in [-0.4, -0.2) is 55.3 Å². The maximum absolute atomic E-state index is 15.2. The predicted octanol–water partition coefficient (Wildman–Crippen LogP) is 4.25. The monoisotopic (exact) mass is 584 g/mol. The zero-order chi connectivity index (χ0) is 30.3. The van der Waals surface area contributed by atoms with E-state index in [1.165, 1.54) is 23.1 Å². The van der Waals surface area contributed by atoms with Gasteiger partial charge >= 0.3 is 6.09 Å². The van der Waals surface area contributed by atoms with Crippen molar-refractivity contribution in [2.75, 3.05) is 6.26 Å². The number of rotatable bonds is 6. The van der Waals surface area contributed by atoms with E-state index in [4.69, 9.17) is 4.74 Å². The molecule has 2 aromatic carbocycles. The van der Waals surface area contributed by atoms with Crippen LogP contribution < -0.4 is 5.32 Å². The number of piperidine rings is 1. The number of carbonyl (C=O) groups is 2. The number of likely N-dealkylation sites (tertiary alicyclic amines) is 1. The summed E-state index contributed by atoms with van der Waals surface area (Å²) in [5.41, 5.74) is -1.08. The maximum Gasteiger partial charge on any atom is 0.411 e. The number of nitrogens with one attached hydrogen (secondary N) is 1. The molecule has 1 heterocycles. The third-order valence-electron chi connectivity index (χ3n) is 7.31. The lowest BCUT2D eigenvalue weighted by atomic mass is 9.96. The van der Waals surface area contributed by atoms with Crippen molar-refractivity contribution in [2.24, 2.45) is 5.92 Å². The van der Waals surface area contributed by atoms with Gasteiger partial charge in [0, 0.05) is 24.3 Å². The number of halogens is 2. The van der Waals surface area contributed by atoms with Crippen molar-refractivity contribution in [3.8, 4) is 23.3 Å². The first-order valence-corrected chi connectivity index (χ1v) is 15.0. The van der Waals surface area contributed by atoms with Crippen LogP contribution in [0.5, 0.6) is 0 Å².